The van der Waals surface area contributed by atoms with Crippen LogP contribution in [-0.4, -0.2) is 6.04 Å². The Morgan fingerprint density at radius 3 is 2.15 bits per heavy atom. The molecule has 0 saturated heterocycles. The Hall–Kier alpha value is -2.28. The summed E-state index contributed by atoms with van der Waals surface area (Å²) < 4.78 is 0. The maximum absolute atomic E-state index is 3.89. The molecule has 1 atom stereocenters. The highest BCUT2D eigenvalue weighted by molar-refractivity contribution is 5.89. The fourth-order valence-electron chi connectivity index (χ4n) is 4.89. The number of rotatable bonds is 4. The topological polar surface area (TPSA) is 12.0 Å². The summed E-state index contributed by atoms with van der Waals surface area (Å²) in [5, 5.41) is 3.89. The average molecular weight is 358 g/mol. The van der Waals surface area contributed by atoms with Crippen LogP contribution in [-0.2, 0) is 0 Å². The van der Waals surface area contributed by atoms with Gasteiger partial charge in [0.1, 0.15) is 0 Å². The minimum atomic E-state index is 0.550. The zero-order chi connectivity index (χ0) is 18.8. The summed E-state index contributed by atoms with van der Waals surface area (Å²) in [7, 11) is 0. The van der Waals surface area contributed by atoms with Gasteiger partial charge >= 0.3 is 0 Å². The maximum Gasteiger partial charge on any atom is 0.0422 e. The van der Waals surface area contributed by atoms with Crippen LogP contribution >= 0.6 is 0 Å². The Morgan fingerprint density at radius 2 is 1.48 bits per heavy atom. The minimum Gasteiger partial charge on any atom is -0.382 e. The Kier molecular flexibility index (Phi) is 5.20. The summed E-state index contributed by atoms with van der Waals surface area (Å²) in [6.45, 7) is 6.84. The molecule has 1 N–H and O–H groups in total. The smallest absolute Gasteiger partial charge is 0.0422 e. The molecule has 140 valence electrons. The van der Waals surface area contributed by atoms with E-state index in [2.05, 4.69) is 86.8 Å². The van der Waals surface area contributed by atoms with Crippen LogP contribution < -0.4 is 5.32 Å². The number of anilines is 1. The van der Waals surface area contributed by atoms with Gasteiger partial charge < -0.3 is 5.32 Å². The van der Waals surface area contributed by atoms with Gasteiger partial charge in [-0.15, -0.1) is 0 Å². The zero-order valence-electron chi connectivity index (χ0n) is 16.8. The summed E-state index contributed by atoms with van der Waals surface area (Å²) in [4.78, 5) is 0. The van der Waals surface area contributed by atoms with Crippen molar-refractivity contribution in [2.24, 2.45) is 5.92 Å². The molecule has 2 aromatic rings. The van der Waals surface area contributed by atoms with Gasteiger partial charge in [0.15, 0.2) is 0 Å². The lowest BCUT2D eigenvalue weighted by atomic mass is 9.81. The van der Waals surface area contributed by atoms with Crippen LogP contribution in [0, 0.1) is 5.92 Å². The van der Waals surface area contributed by atoms with Crippen LogP contribution in [0.25, 0.3) is 5.57 Å². The minimum absolute atomic E-state index is 0.550. The van der Waals surface area contributed by atoms with Crippen LogP contribution in [0.2, 0.25) is 0 Å². The zero-order valence-corrected chi connectivity index (χ0v) is 16.8. The molecule has 1 heteroatoms. The monoisotopic (exact) mass is 357 g/mol. The van der Waals surface area contributed by atoms with Gasteiger partial charge in [0.2, 0.25) is 0 Å². The molecule has 2 aliphatic carbocycles. The van der Waals surface area contributed by atoms with Crippen molar-refractivity contribution in [1.29, 1.82) is 0 Å². The van der Waals surface area contributed by atoms with Gasteiger partial charge in [0.25, 0.3) is 0 Å². The van der Waals surface area contributed by atoms with Crippen molar-refractivity contribution in [3.05, 3.63) is 82.9 Å². The molecule has 0 aliphatic heterocycles. The Bertz CT molecular complexity index is 851. The summed E-state index contributed by atoms with van der Waals surface area (Å²) in [6, 6.07) is 20.5. The van der Waals surface area contributed by atoms with Crippen molar-refractivity contribution in [3.63, 3.8) is 0 Å². The highest BCUT2D eigenvalue weighted by Gasteiger charge is 2.24. The molecule has 1 saturated carbocycles. The van der Waals surface area contributed by atoms with E-state index in [1.54, 1.807) is 0 Å². The fraction of sp³-hybridized carbons (Fsp3) is 0.385. The standard InChI is InChI=1S/C26H31N/c1-18-17-19(2)26(20(18)3)24-11-7-8-12-25(24)27-23-15-13-22(14-16-23)21-9-5-4-6-10-21/h4-12,17-18,22-23,27H,13-16H2,1-3H3. The third kappa shape index (κ3) is 3.74. The van der Waals surface area contributed by atoms with Gasteiger partial charge in [-0.05, 0) is 74.1 Å². The van der Waals surface area contributed by atoms with Crippen LogP contribution in [0.1, 0.15) is 63.5 Å². The van der Waals surface area contributed by atoms with Crippen LogP contribution in [0.3, 0.4) is 0 Å². The van der Waals surface area contributed by atoms with Crippen molar-refractivity contribution in [2.45, 2.75) is 58.4 Å². The summed E-state index contributed by atoms with van der Waals surface area (Å²) in [5.74, 6) is 1.28. The molecule has 2 aromatic carbocycles. The number of nitrogens with one attached hydrogen (secondary N) is 1. The highest BCUT2D eigenvalue weighted by Crippen LogP contribution is 2.41. The lowest BCUT2D eigenvalue weighted by Gasteiger charge is -2.31. The van der Waals surface area contributed by atoms with Gasteiger partial charge in [-0.3, -0.25) is 0 Å². The number of hydrogen-bond donors (Lipinski definition) is 1. The first kappa shape index (κ1) is 18.1. The van der Waals surface area contributed by atoms with E-state index in [0.717, 1.165) is 5.92 Å². The average Bonchev–Trinajstić information content (AvgIpc) is 2.95. The molecule has 2 aliphatic rings. The quantitative estimate of drug-likeness (QED) is 0.610. The normalized spacial score (nSPS) is 25.4. The van der Waals surface area contributed by atoms with Crippen molar-refractivity contribution in [1.82, 2.24) is 0 Å². The summed E-state index contributed by atoms with van der Waals surface area (Å²) in [5.41, 5.74) is 8.55. The molecule has 0 amide bonds. The molecule has 0 heterocycles. The molecule has 0 spiro atoms. The van der Waals surface area contributed by atoms with Gasteiger partial charge in [0, 0.05) is 17.3 Å². The first-order valence-corrected chi connectivity index (χ1v) is 10.4. The molecule has 0 radical (unpaired) electrons. The number of allylic oxidation sites excluding steroid dienone is 4. The second-order valence-corrected chi connectivity index (χ2v) is 8.35. The summed E-state index contributed by atoms with van der Waals surface area (Å²) in [6.07, 6.45) is 7.45. The highest BCUT2D eigenvalue weighted by atomic mass is 14.9. The molecule has 27 heavy (non-hydrogen) atoms. The van der Waals surface area contributed by atoms with Gasteiger partial charge in [-0.25, -0.2) is 0 Å². The fourth-order valence-corrected chi connectivity index (χ4v) is 4.89. The Labute approximate surface area is 164 Å². The molecule has 1 nitrogen and oxygen atoms in total. The van der Waals surface area contributed by atoms with Crippen molar-refractivity contribution in [2.75, 3.05) is 5.32 Å². The lowest BCUT2D eigenvalue weighted by molar-refractivity contribution is 0.412. The third-order valence-electron chi connectivity index (χ3n) is 6.53. The van der Waals surface area contributed by atoms with Crippen LogP contribution in [0.5, 0.6) is 0 Å². The van der Waals surface area contributed by atoms with E-state index < -0.39 is 0 Å². The number of para-hydroxylation sites is 1. The van der Waals surface area contributed by atoms with Crippen LogP contribution in [0.15, 0.2) is 71.8 Å². The van der Waals surface area contributed by atoms with Crippen molar-refractivity contribution in [3.8, 4) is 0 Å². The second-order valence-electron chi connectivity index (χ2n) is 8.35. The first-order valence-electron chi connectivity index (χ1n) is 10.4. The van der Waals surface area contributed by atoms with E-state index >= 15 is 0 Å². The predicted molar refractivity (Wildman–Crippen MR) is 117 cm³/mol. The Morgan fingerprint density at radius 1 is 0.815 bits per heavy atom. The van der Waals surface area contributed by atoms with E-state index in [9.17, 15) is 0 Å². The first-order chi connectivity index (χ1) is 13.1. The SMILES string of the molecule is CC1=CC(C)C(C)=C1c1ccccc1NC1CCC(c2ccccc2)CC1. The van der Waals surface area contributed by atoms with Gasteiger partial charge in [0.05, 0.1) is 0 Å². The van der Waals surface area contributed by atoms with E-state index in [4.69, 9.17) is 0 Å². The summed E-state index contributed by atoms with van der Waals surface area (Å²) >= 11 is 0. The molecule has 1 unspecified atom stereocenters. The second kappa shape index (κ2) is 7.76. The third-order valence-corrected chi connectivity index (χ3v) is 6.53. The molecule has 0 aromatic heterocycles. The maximum atomic E-state index is 3.89. The van der Waals surface area contributed by atoms with Crippen LogP contribution in [0.4, 0.5) is 5.69 Å². The Balaban J connectivity index is 1.48. The van der Waals surface area contributed by atoms with E-state index in [1.165, 1.54) is 59.2 Å². The van der Waals surface area contributed by atoms with Crippen molar-refractivity contribution < 1.29 is 0 Å². The molecule has 0 bridgehead atoms. The molecular weight excluding hydrogens is 326 g/mol. The van der Waals surface area contributed by atoms with E-state index in [1.807, 2.05) is 0 Å². The van der Waals surface area contributed by atoms with E-state index in [-0.39, 0.29) is 0 Å². The lowest BCUT2D eigenvalue weighted by Crippen LogP contribution is -2.25. The van der Waals surface area contributed by atoms with Gasteiger partial charge in [-0.1, -0.05) is 67.1 Å². The largest absolute Gasteiger partial charge is 0.382 e. The predicted octanol–water partition coefficient (Wildman–Crippen LogP) is 7.19. The molecular formula is C26H31N. The van der Waals surface area contributed by atoms with Crippen molar-refractivity contribution >= 4 is 11.3 Å². The molecule has 4 rings (SSSR count). The molecule has 1 fully saturated rings. The van der Waals surface area contributed by atoms with E-state index in [0.29, 0.717) is 12.0 Å². The number of benzene rings is 2. The number of hydrogen-bond acceptors (Lipinski definition) is 1. The van der Waals surface area contributed by atoms with Gasteiger partial charge in [-0.2, -0.15) is 0 Å².